The molecular weight excluding hydrogens is 654 g/mol. The molecule has 1 aliphatic heterocycles. The molecule has 1 heterocycles. The Bertz CT molecular complexity index is 1640. The van der Waals surface area contributed by atoms with Gasteiger partial charge in [0.05, 0.1) is 0 Å². The highest BCUT2D eigenvalue weighted by molar-refractivity contribution is 6.04. The van der Waals surface area contributed by atoms with Crippen LogP contribution in [0.5, 0.6) is 0 Å². The Morgan fingerprint density at radius 3 is 1.88 bits per heavy atom. The van der Waals surface area contributed by atoms with Gasteiger partial charge < -0.3 is 35.1 Å². The van der Waals surface area contributed by atoms with Gasteiger partial charge in [-0.05, 0) is 110 Å². The Kier molecular flexibility index (Phi) is 13.4. The maximum Gasteiger partial charge on any atom is 0.437 e. The minimum Gasteiger partial charge on any atom is -0.444 e. The van der Waals surface area contributed by atoms with E-state index in [1.54, 1.807) is 93.6 Å². The second kappa shape index (κ2) is 17.0. The number of hydrogen-bond donors (Lipinski definition) is 4. The van der Waals surface area contributed by atoms with Gasteiger partial charge in [0.25, 0.3) is 5.91 Å². The summed E-state index contributed by atoms with van der Waals surface area (Å²) in [5, 5.41) is 11.3. The van der Waals surface area contributed by atoms with Gasteiger partial charge in [0, 0.05) is 37.9 Å². The number of alkyl carbamates (subject to hydrolysis) is 1. The lowest BCUT2D eigenvalue weighted by Gasteiger charge is -2.22. The fourth-order valence-corrected chi connectivity index (χ4v) is 4.59. The summed E-state index contributed by atoms with van der Waals surface area (Å²) >= 11 is 0. The van der Waals surface area contributed by atoms with Crippen LogP contribution in [0, 0.1) is 0 Å². The molecule has 4 N–H and O–H groups in total. The molecule has 51 heavy (non-hydrogen) atoms. The predicted molar refractivity (Wildman–Crippen MR) is 198 cm³/mol. The zero-order valence-corrected chi connectivity index (χ0v) is 31.2. The summed E-state index contributed by atoms with van der Waals surface area (Å²) in [4.78, 5) is 59.7. The number of nitrogens with zero attached hydrogens (tertiary/aromatic N) is 3. The number of aliphatic imine (C=N–C) groups is 2. The molecule has 14 heteroatoms. The highest BCUT2D eigenvalue weighted by atomic mass is 16.6. The minimum atomic E-state index is -0.858. The number of amides is 4. The van der Waals surface area contributed by atoms with Crippen LogP contribution in [0.1, 0.15) is 83.8 Å². The zero-order valence-electron chi connectivity index (χ0n) is 31.2. The lowest BCUT2D eigenvalue weighted by Crippen LogP contribution is -2.44. The third-order valence-corrected chi connectivity index (χ3v) is 6.68. The van der Waals surface area contributed by atoms with E-state index in [4.69, 9.17) is 14.2 Å². The average molecular weight is 706 g/mol. The molecule has 0 spiro atoms. The molecular formula is C37H51N7O7. The van der Waals surface area contributed by atoms with E-state index in [2.05, 4.69) is 37.3 Å². The van der Waals surface area contributed by atoms with E-state index in [0.29, 0.717) is 43.3 Å². The maximum absolute atomic E-state index is 13.0. The van der Waals surface area contributed by atoms with Crippen molar-refractivity contribution >= 4 is 47.4 Å². The molecule has 0 aliphatic carbocycles. The van der Waals surface area contributed by atoms with E-state index in [1.165, 1.54) is 0 Å². The number of hydrogen-bond acceptors (Lipinski definition) is 7. The first-order valence-corrected chi connectivity index (χ1v) is 16.7. The Balaban J connectivity index is 1.54. The van der Waals surface area contributed by atoms with E-state index in [0.717, 1.165) is 16.7 Å². The topological polar surface area (TPSA) is 172 Å². The quantitative estimate of drug-likeness (QED) is 0.156. The first-order chi connectivity index (χ1) is 23.7. The van der Waals surface area contributed by atoms with Crippen molar-refractivity contribution in [1.29, 1.82) is 0 Å². The highest BCUT2D eigenvalue weighted by Crippen LogP contribution is 2.22. The molecule has 2 aromatic carbocycles. The molecule has 0 fully saturated rings. The number of guanidine groups is 2. The largest absolute Gasteiger partial charge is 0.444 e. The molecule has 14 nitrogen and oxygen atoms in total. The molecule has 0 saturated heterocycles. The monoisotopic (exact) mass is 705 g/mol. The van der Waals surface area contributed by atoms with Crippen LogP contribution in [0.4, 0.5) is 20.1 Å². The molecule has 3 rings (SSSR count). The molecule has 0 atom stereocenters. The van der Waals surface area contributed by atoms with Gasteiger partial charge in [-0.25, -0.2) is 14.4 Å². The van der Waals surface area contributed by atoms with Crippen LogP contribution >= 0.6 is 0 Å². The van der Waals surface area contributed by atoms with Crippen molar-refractivity contribution in [2.75, 3.05) is 32.0 Å². The van der Waals surface area contributed by atoms with E-state index in [1.807, 2.05) is 29.2 Å². The van der Waals surface area contributed by atoms with Gasteiger partial charge in [0.1, 0.15) is 16.8 Å². The van der Waals surface area contributed by atoms with Crippen LogP contribution < -0.4 is 21.3 Å². The summed E-state index contributed by atoms with van der Waals surface area (Å²) in [6, 6.07) is 14.7. The Hall–Kier alpha value is -5.40. The predicted octanol–water partition coefficient (Wildman–Crippen LogP) is 6.10. The molecule has 0 unspecified atom stereocenters. The fourth-order valence-electron chi connectivity index (χ4n) is 4.59. The first-order valence-electron chi connectivity index (χ1n) is 16.7. The highest BCUT2D eigenvalue weighted by Gasteiger charge is 2.23. The second-order valence-corrected chi connectivity index (χ2v) is 14.7. The van der Waals surface area contributed by atoms with Crippen LogP contribution in [-0.2, 0) is 20.6 Å². The van der Waals surface area contributed by atoms with E-state index in [9.17, 15) is 19.2 Å². The maximum atomic E-state index is 13.0. The fraction of sp³-hybridized carbons (Fsp3) is 0.459. The summed E-state index contributed by atoms with van der Waals surface area (Å²) in [6.45, 7) is 17.1. The van der Waals surface area contributed by atoms with Crippen LogP contribution in [0.3, 0.4) is 0 Å². The van der Waals surface area contributed by atoms with Crippen molar-refractivity contribution in [2.45, 2.75) is 85.5 Å². The van der Waals surface area contributed by atoms with E-state index >= 15 is 0 Å². The summed E-state index contributed by atoms with van der Waals surface area (Å²) in [5.74, 6) is 0.0710. The molecule has 0 aromatic heterocycles. The molecule has 2 aromatic rings. The number of rotatable bonds is 6. The van der Waals surface area contributed by atoms with Crippen molar-refractivity contribution in [2.24, 2.45) is 9.98 Å². The number of ether oxygens (including phenoxy) is 3. The van der Waals surface area contributed by atoms with E-state index in [-0.39, 0.29) is 11.9 Å². The van der Waals surface area contributed by atoms with Crippen molar-refractivity contribution < 1.29 is 33.4 Å². The Morgan fingerprint density at radius 2 is 1.33 bits per heavy atom. The number of nitrogens with one attached hydrogen (secondary N) is 4. The number of benzene rings is 2. The summed E-state index contributed by atoms with van der Waals surface area (Å²) in [7, 11) is 1.70. The third-order valence-electron chi connectivity index (χ3n) is 6.68. The Labute approximate surface area is 300 Å². The number of carbonyl (C=O) groups is 4. The van der Waals surface area contributed by atoms with Crippen molar-refractivity contribution in [3.63, 3.8) is 0 Å². The van der Waals surface area contributed by atoms with Crippen molar-refractivity contribution in [1.82, 2.24) is 20.9 Å². The number of carbonyl (C=O) groups excluding carboxylic acids is 4. The van der Waals surface area contributed by atoms with Gasteiger partial charge in [-0.15, -0.1) is 9.98 Å². The van der Waals surface area contributed by atoms with E-state index < -0.39 is 35.1 Å². The summed E-state index contributed by atoms with van der Waals surface area (Å²) < 4.78 is 15.8. The Morgan fingerprint density at radius 1 is 0.765 bits per heavy atom. The standard InChI is InChI=1S/C37H51N7O7/c1-35(2,3)49-32(46)41-30(42-33(47)50-36(4,5)6)39-21-19-24-11-17-28(18-12-24)40-29(45)26-15-13-25(14-16-26)27-20-22-44(23-27)31(38-10)43-34(48)51-37(7,8)9/h11-18,20H,19,21-23H2,1-10H3,(H,40,45)(H,38,43,48)(H2,39,41,42,46,47). The molecule has 1 aliphatic rings. The van der Waals surface area contributed by atoms with Gasteiger partial charge in [-0.1, -0.05) is 30.3 Å². The summed E-state index contributed by atoms with van der Waals surface area (Å²) in [6.07, 6.45) is 0.297. The van der Waals surface area contributed by atoms with Crippen LogP contribution in [0.25, 0.3) is 5.57 Å². The van der Waals surface area contributed by atoms with Crippen molar-refractivity contribution in [3.8, 4) is 0 Å². The number of anilines is 1. The minimum absolute atomic E-state index is 0.0929. The molecule has 4 amide bonds. The second-order valence-electron chi connectivity index (χ2n) is 14.7. The van der Waals surface area contributed by atoms with Gasteiger partial charge >= 0.3 is 18.3 Å². The molecule has 276 valence electrons. The average Bonchev–Trinajstić information content (AvgIpc) is 3.48. The van der Waals surface area contributed by atoms with Gasteiger partial charge in [-0.3, -0.25) is 10.1 Å². The lowest BCUT2D eigenvalue weighted by molar-refractivity contribution is 0.0556. The third kappa shape index (κ3) is 14.5. The normalized spacial score (nSPS) is 13.9. The van der Waals surface area contributed by atoms with Crippen LogP contribution in [0.15, 0.2) is 64.6 Å². The smallest absolute Gasteiger partial charge is 0.437 e. The summed E-state index contributed by atoms with van der Waals surface area (Å²) in [5.41, 5.74) is 1.93. The SMILES string of the molecule is CN/C(=N/C(=O)OC(C)(C)C)N1CC=C(c2ccc(C(=O)Nc3ccc(CCN/C(=N/C(=O)OC(C)(C)C)NC(=O)OC(C)(C)C)cc3)cc2)C1. The first kappa shape index (κ1) is 40.0. The van der Waals surface area contributed by atoms with Crippen molar-refractivity contribution in [3.05, 3.63) is 71.3 Å². The van der Waals surface area contributed by atoms with Crippen LogP contribution in [-0.4, -0.2) is 84.5 Å². The molecule has 0 saturated carbocycles. The van der Waals surface area contributed by atoms with Gasteiger partial charge in [0.15, 0.2) is 0 Å². The molecule has 0 radical (unpaired) electrons. The van der Waals surface area contributed by atoms with Crippen LogP contribution in [0.2, 0.25) is 0 Å². The van der Waals surface area contributed by atoms with Gasteiger partial charge in [-0.2, -0.15) is 0 Å². The lowest BCUT2D eigenvalue weighted by atomic mass is 10.0. The van der Waals surface area contributed by atoms with Gasteiger partial charge in [0.2, 0.25) is 11.9 Å². The molecule has 0 bridgehead atoms. The zero-order chi connectivity index (χ0) is 38.0.